The minimum Gasteiger partial charge on any atom is -0.368 e. The van der Waals surface area contributed by atoms with E-state index in [1.807, 2.05) is 0 Å². The molecule has 3 nitrogen and oxygen atoms in total. The topological polar surface area (TPSA) is 32.5 Å². The largest absolute Gasteiger partial charge is 0.368 e. The number of nitrogens with two attached hydrogens (primary N) is 1. The Morgan fingerprint density at radius 2 is 2.10 bits per heavy atom. The van der Waals surface area contributed by atoms with Gasteiger partial charge in [-0.1, -0.05) is 19.1 Å². The van der Waals surface area contributed by atoms with Crippen molar-refractivity contribution in [3.63, 3.8) is 0 Å². The van der Waals surface area contributed by atoms with Crippen LogP contribution in [0.1, 0.15) is 31.7 Å². The number of hydrogen-bond acceptors (Lipinski definition) is 3. The smallest absolute Gasteiger partial charge is 0.0533 e. The summed E-state index contributed by atoms with van der Waals surface area (Å²) >= 11 is 0. The molecular weight excluding hydrogens is 246 g/mol. The van der Waals surface area contributed by atoms with Crippen LogP contribution in [0.2, 0.25) is 0 Å². The fourth-order valence-electron chi connectivity index (χ4n) is 3.34. The van der Waals surface area contributed by atoms with E-state index in [-0.39, 0.29) is 5.54 Å². The van der Waals surface area contributed by atoms with E-state index in [1.54, 1.807) is 0 Å². The quantitative estimate of drug-likeness (QED) is 0.917. The lowest BCUT2D eigenvalue weighted by molar-refractivity contribution is 0.287. The number of likely N-dealkylation sites (N-methyl/N-ethyl adjacent to an activating group) is 1. The van der Waals surface area contributed by atoms with E-state index in [2.05, 4.69) is 55.0 Å². The standard InChI is InChI=1S/C17H29N3/c1-4-20-11-6-9-17(14-18,10-12-20)19(3)16-8-5-7-15(2)13-16/h5,7-8,13H,4,6,9-12,14,18H2,1-3H3. The summed E-state index contributed by atoms with van der Waals surface area (Å²) in [5.74, 6) is 0. The third-order valence-corrected chi connectivity index (χ3v) is 4.94. The molecule has 0 saturated carbocycles. The second kappa shape index (κ2) is 6.59. The van der Waals surface area contributed by atoms with Crippen molar-refractivity contribution in [2.45, 2.75) is 38.6 Å². The van der Waals surface area contributed by atoms with Gasteiger partial charge in [-0.15, -0.1) is 0 Å². The van der Waals surface area contributed by atoms with Crippen LogP contribution < -0.4 is 10.6 Å². The number of nitrogens with zero attached hydrogens (tertiary/aromatic N) is 2. The number of likely N-dealkylation sites (tertiary alicyclic amines) is 1. The van der Waals surface area contributed by atoms with E-state index in [1.165, 1.54) is 30.6 Å². The molecule has 1 atom stereocenters. The normalized spacial score (nSPS) is 24.4. The van der Waals surface area contributed by atoms with E-state index in [4.69, 9.17) is 5.73 Å². The average molecular weight is 275 g/mol. The molecule has 0 spiro atoms. The molecule has 2 N–H and O–H groups in total. The van der Waals surface area contributed by atoms with Gasteiger partial charge in [0.1, 0.15) is 0 Å². The van der Waals surface area contributed by atoms with Crippen LogP contribution in [0, 0.1) is 6.92 Å². The number of aryl methyl sites for hydroxylation is 1. The van der Waals surface area contributed by atoms with Gasteiger partial charge in [-0.05, 0) is 57.0 Å². The number of anilines is 1. The van der Waals surface area contributed by atoms with E-state index in [0.717, 1.165) is 26.1 Å². The lowest BCUT2D eigenvalue weighted by Gasteiger charge is -2.42. The van der Waals surface area contributed by atoms with E-state index in [9.17, 15) is 0 Å². The third-order valence-electron chi connectivity index (χ3n) is 4.94. The van der Waals surface area contributed by atoms with Crippen LogP contribution in [0.15, 0.2) is 24.3 Å². The van der Waals surface area contributed by atoms with Crippen molar-refractivity contribution in [1.82, 2.24) is 4.90 Å². The Kier molecular flexibility index (Phi) is 5.06. The molecule has 0 aliphatic carbocycles. The molecule has 1 aliphatic heterocycles. The van der Waals surface area contributed by atoms with Gasteiger partial charge < -0.3 is 15.5 Å². The van der Waals surface area contributed by atoms with Crippen LogP contribution in [0.4, 0.5) is 5.69 Å². The molecule has 1 aliphatic rings. The van der Waals surface area contributed by atoms with E-state index in [0.29, 0.717) is 0 Å². The molecule has 1 saturated heterocycles. The molecule has 0 radical (unpaired) electrons. The molecule has 112 valence electrons. The van der Waals surface area contributed by atoms with Crippen molar-refractivity contribution in [2.75, 3.05) is 38.1 Å². The van der Waals surface area contributed by atoms with Gasteiger partial charge in [0.25, 0.3) is 0 Å². The second-order valence-electron chi connectivity index (χ2n) is 6.11. The highest BCUT2D eigenvalue weighted by molar-refractivity contribution is 5.50. The zero-order chi connectivity index (χ0) is 14.6. The third kappa shape index (κ3) is 3.15. The minimum atomic E-state index is 0.109. The molecule has 1 fully saturated rings. The van der Waals surface area contributed by atoms with E-state index >= 15 is 0 Å². The van der Waals surface area contributed by atoms with Gasteiger partial charge >= 0.3 is 0 Å². The molecule has 2 rings (SSSR count). The fraction of sp³-hybridized carbons (Fsp3) is 0.647. The highest BCUT2D eigenvalue weighted by Gasteiger charge is 2.35. The van der Waals surface area contributed by atoms with Crippen LogP contribution in [0.5, 0.6) is 0 Å². The maximum absolute atomic E-state index is 6.21. The Bertz CT molecular complexity index is 432. The Balaban J connectivity index is 2.21. The van der Waals surface area contributed by atoms with Crippen LogP contribution in [0.25, 0.3) is 0 Å². The van der Waals surface area contributed by atoms with Crippen molar-refractivity contribution in [3.05, 3.63) is 29.8 Å². The van der Waals surface area contributed by atoms with Gasteiger partial charge in [0.15, 0.2) is 0 Å². The van der Waals surface area contributed by atoms with E-state index < -0.39 is 0 Å². The van der Waals surface area contributed by atoms with Crippen LogP contribution in [0.3, 0.4) is 0 Å². The number of benzene rings is 1. The Morgan fingerprint density at radius 1 is 1.30 bits per heavy atom. The zero-order valence-corrected chi connectivity index (χ0v) is 13.2. The number of hydrogen-bond donors (Lipinski definition) is 1. The molecular formula is C17H29N3. The summed E-state index contributed by atoms with van der Waals surface area (Å²) in [4.78, 5) is 4.97. The van der Waals surface area contributed by atoms with Gasteiger partial charge in [-0.3, -0.25) is 0 Å². The molecule has 20 heavy (non-hydrogen) atoms. The Morgan fingerprint density at radius 3 is 2.75 bits per heavy atom. The zero-order valence-electron chi connectivity index (χ0n) is 13.2. The highest BCUT2D eigenvalue weighted by atomic mass is 15.2. The molecule has 1 unspecified atom stereocenters. The first-order chi connectivity index (χ1) is 9.61. The Labute approximate surface area is 123 Å². The van der Waals surface area contributed by atoms with Gasteiger partial charge in [0.05, 0.1) is 5.54 Å². The predicted molar refractivity (Wildman–Crippen MR) is 87.3 cm³/mol. The summed E-state index contributed by atoms with van der Waals surface area (Å²) in [6, 6.07) is 8.76. The molecule has 3 heteroatoms. The molecule has 1 heterocycles. The van der Waals surface area contributed by atoms with Crippen molar-refractivity contribution < 1.29 is 0 Å². The Hall–Kier alpha value is -1.06. The van der Waals surface area contributed by atoms with Gasteiger partial charge in [0.2, 0.25) is 0 Å². The van der Waals surface area contributed by atoms with Crippen LogP contribution in [-0.2, 0) is 0 Å². The van der Waals surface area contributed by atoms with Crippen LogP contribution in [-0.4, -0.2) is 43.7 Å². The lowest BCUT2D eigenvalue weighted by Crippen LogP contribution is -2.53. The van der Waals surface area contributed by atoms with Gasteiger partial charge in [-0.25, -0.2) is 0 Å². The van der Waals surface area contributed by atoms with Crippen molar-refractivity contribution in [2.24, 2.45) is 5.73 Å². The highest BCUT2D eigenvalue weighted by Crippen LogP contribution is 2.31. The average Bonchev–Trinajstić information content (AvgIpc) is 2.69. The molecule has 1 aromatic rings. The summed E-state index contributed by atoms with van der Waals surface area (Å²) in [6.45, 7) is 8.64. The summed E-state index contributed by atoms with van der Waals surface area (Å²) in [5, 5.41) is 0. The predicted octanol–water partition coefficient (Wildman–Crippen LogP) is 2.63. The molecule has 0 bridgehead atoms. The van der Waals surface area contributed by atoms with Crippen molar-refractivity contribution in [1.29, 1.82) is 0 Å². The van der Waals surface area contributed by atoms with Crippen molar-refractivity contribution >= 4 is 5.69 Å². The minimum absolute atomic E-state index is 0.109. The fourth-order valence-corrected chi connectivity index (χ4v) is 3.34. The molecule has 1 aromatic carbocycles. The second-order valence-corrected chi connectivity index (χ2v) is 6.11. The first-order valence-electron chi connectivity index (χ1n) is 7.84. The molecule has 0 amide bonds. The summed E-state index contributed by atoms with van der Waals surface area (Å²) in [6.07, 6.45) is 3.58. The SMILES string of the molecule is CCN1CCCC(CN)(N(C)c2cccc(C)c2)CC1. The lowest BCUT2D eigenvalue weighted by atomic mass is 9.88. The van der Waals surface area contributed by atoms with Crippen molar-refractivity contribution in [3.8, 4) is 0 Å². The van der Waals surface area contributed by atoms with Crippen LogP contribution >= 0.6 is 0 Å². The summed E-state index contributed by atoms with van der Waals surface area (Å²) in [7, 11) is 2.21. The monoisotopic (exact) mass is 275 g/mol. The first kappa shape index (κ1) is 15.3. The first-order valence-corrected chi connectivity index (χ1v) is 7.84. The van der Waals surface area contributed by atoms with Gasteiger partial charge in [0, 0.05) is 25.8 Å². The van der Waals surface area contributed by atoms with Gasteiger partial charge in [-0.2, -0.15) is 0 Å². The summed E-state index contributed by atoms with van der Waals surface area (Å²) < 4.78 is 0. The maximum atomic E-state index is 6.21. The number of rotatable bonds is 4. The summed E-state index contributed by atoms with van der Waals surface area (Å²) in [5.41, 5.74) is 8.92. The molecule has 0 aromatic heterocycles. The maximum Gasteiger partial charge on any atom is 0.0533 e.